The summed E-state index contributed by atoms with van der Waals surface area (Å²) in [6.07, 6.45) is 1.35. The number of halogens is 3. The van der Waals surface area contributed by atoms with Crippen LogP contribution in [-0.4, -0.2) is 63.6 Å². The molecule has 12 heteroatoms. The molecular formula is C22H20ClF2N7O2. The fourth-order valence-corrected chi connectivity index (χ4v) is 4.43. The minimum absolute atomic E-state index is 0.0156. The van der Waals surface area contributed by atoms with Gasteiger partial charge in [0, 0.05) is 45.3 Å². The second-order valence-corrected chi connectivity index (χ2v) is 8.40. The van der Waals surface area contributed by atoms with E-state index in [0.29, 0.717) is 49.5 Å². The Morgan fingerprint density at radius 2 is 1.94 bits per heavy atom. The lowest BCUT2D eigenvalue weighted by Crippen LogP contribution is -2.46. The second kappa shape index (κ2) is 8.65. The Labute approximate surface area is 196 Å². The van der Waals surface area contributed by atoms with E-state index in [1.165, 1.54) is 23.8 Å². The monoisotopic (exact) mass is 487 g/mol. The summed E-state index contributed by atoms with van der Waals surface area (Å²) in [5, 5.41) is 6.69. The smallest absolute Gasteiger partial charge is 0.276 e. The zero-order chi connectivity index (χ0) is 24.0. The first-order chi connectivity index (χ1) is 16.4. The van der Waals surface area contributed by atoms with Crippen LogP contribution in [0.4, 0.5) is 14.5 Å². The normalized spacial score (nSPS) is 14.8. The van der Waals surface area contributed by atoms with Crippen LogP contribution in [-0.2, 0) is 6.54 Å². The largest absolute Gasteiger partial charge is 0.365 e. The summed E-state index contributed by atoms with van der Waals surface area (Å²) >= 11 is 6.02. The highest BCUT2D eigenvalue weighted by Crippen LogP contribution is 2.24. The number of aromatic nitrogens is 4. The van der Waals surface area contributed by atoms with Crippen molar-refractivity contribution in [3.8, 4) is 0 Å². The van der Waals surface area contributed by atoms with Crippen LogP contribution < -0.4 is 15.8 Å². The van der Waals surface area contributed by atoms with Gasteiger partial charge in [-0.1, -0.05) is 17.7 Å². The average Bonchev–Trinajstić information content (AvgIpc) is 3.23. The Hall–Kier alpha value is -3.57. The fourth-order valence-electron chi connectivity index (χ4n) is 4.22. The van der Waals surface area contributed by atoms with E-state index in [1.807, 2.05) is 9.80 Å². The third-order valence-electron chi connectivity index (χ3n) is 6.00. The van der Waals surface area contributed by atoms with Crippen molar-refractivity contribution in [2.75, 3.05) is 38.1 Å². The van der Waals surface area contributed by atoms with Crippen LogP contribution in [0.1, 0.15) is 16.1 Å². The summed E-state index contributed by atoms with van der Waals surface area (Å²) in [6.45, 7) is 2.48. The van der Waals surface area contributed by atoms with Crippen LogP contribution >= 0.6 is 11.6 Å². The molecule has 5 rings (SSSR count). The average molecular weight is 488 g/mol. The fraction of sp³-hybridized carbons (Fsp3) is 0.273. The van der Waals surface area contributed by atoms with E-state index >= 15 is 4.39 Å². The molecule has 0 bridgehead atoms. The Balaban J connectivity index is 1.32. The van der Waals surface area contributed by atoms with E-state index in [2.05, 4.69) is 20.4 Å². The van der Waals surface area contributed by atoms with E-state index in [-0.39, 0.29) is 21.7 Å². The van der Waals surface area contributed by atoms with Crippen LogP contribution in [0.5, 0.6) is 0 Å². The Bertz CT molecular complexity index is 1480. The zero-order valence-electron chi connectivity index (χ0n) is 18.1. The first-order valence-electron chi connectivity index (χ1n) is 10.6. The van der Waals surface area contributed by atoms with Crippen molar-refractivity contribution < 1.29 is 13.6 Å². The van der Waals surface area contributed by atoms with Gasteiger partial charge in [-0.25, -0.2) is 13.9 Å². The van der Waals surface area contributed by atoms with Gasteiger partial charge in [0.2, 0.25) is 5.95 Å². The number of anilines is 1. The molecule has 9 nitrogen and oxygen atoms in total. The van der Waals surface area contributed by atoms with Crippen molar-refractivity contribution in [1.29, 1.82) is 0 Å². The lowest BCUT2D eigenvalue weighted by atomic mass is 10.1. The standard InChI is InChI=1S/C22H20ClF2N7O2/c1-26-21(33)14-3-5-16(20(25)28-14)31-8-6-30(7-9-31)11-12-2-4-15-18(17(12)24)29-22(34)19-13(23)10-27-32(15)19/h2-5,10H,6-9,11H2,1H3,(H,26,33)(H,29,34). The number of nitrogens with one attached hydrogen (secondary N) is 2. The number of aromatic amines is 1. The van der Waals surface area contributed by atoms with Crippen molar-refractivity contribution in [3.63, 3.8) is 0 Å². The summed E-state index contributed by atoms with van der Waals surface area (Å²) in [4.78, 5) is 34.2. The number of piperazine rings is 1. The third-order valence-corrected chi connectivity index (χ3v) is 6.28. The number of amides is 1. The summed E-state index contributed by atoms with van der Waals surface area (Å²) in [6, 6.07) is 6.40. The molecule has 4 heterocycles. The maximum atomic E-state index is 15.3. The molecule has 1 amide bonds. The van der Waals surface area contributed by atoms with E-state index in [9.17, 15) is 14.0 Å². The Morgan fingerprint density at radius 3 is 2.65 bits per heavy atom. The quantitative estimate of drug-likeness (QED) is 0.428. The van der Waals surface area contributed by atoms with E-state index in [0.717, 1.165) is 0 Å². The van der Waals surface area contributed by atoms with Gasteiger partial charge in [0.15, 0.2) is 11.3 Å². The highest BCUT2D eigenvalue weighted by molar-refractivity contribution is 6.33. The van der Waals surface area contributed by atoms with Gasteiger partial charge < -0.3 is 15.2 Å². The molecule has 4 aromatic rings. The SMILES string of the molecule is CNC(=O)c1ccc(N2CCN(Cc3ccc4c([nH]c(=O)c5c(Cl)cnn54)c3F)CC2)c(F)n1. The lowest BCUT2D eigenvalue weighted by molar-refractivity contribution is 0.0957. The first kappa shape index (κ1) is 22.2. The van der Waals surface area contributed by atoms with E-state index < -0.39 is 23.2 Å². The predicted molar refractivity (Wildman–Crippen MR) is 123 cm³/mol. The maximum absolute atomic E-state index is 15.3. The van der Waals surface area contributed by atoms with Gasteiger partial charge in [0.25, 0.3) is 11.5 Å². The molecule has 0 saturated carbocycles. The Morgan fingerprint density at radius 1 is 1.18 bits per heavy atom. The number of nitrogens with zero attached hydrogens (tertiary/aromatic N) is 5. The number of rotatable bonds is 4. The molecule has 0 aliphatic carbocycles. The molecule has 1 aromatic carbocycles. The molecule has 34 heavy (non-hydrogen) atoms. The number of pyridine rings is 1. The van der Waals surface area contributed by atoms with Crippen LogP contribution in [0.2, 0.25) is 5.02 Å². The molecule has 1 aliphatic heterocycles. The number of carbonyl (C=O) groups is 1. The molecule has 176 valence electrons. The van der Waals surface area contributed by atoms with Crippen LogP contribution in [0.3, 0.4) is 0 Å². The molecule has 2 N–H and O–H groups in total. The predicted octanol–water partition coefficient (Wildman–Crippen LogP) is 2.18. The second-order valence-electron chi connectivity index (χ2n) is 7.99. The molecule has 3 aromatic heterocycles. The van der Waals surface area contributed by atoms with Crippen molar-refractivity contribution in [3.05, 3.63) is 68.9 Å². The molecule has 0 atom stereocenters. The number of fused-ring (bicyclic) bond motifs is 3. The van der Waals surface area contributed by atoms with E-state index in [4.69, 9.17) is 11.6 Å². The summed E-state index contributed by atoms with van der Waals surface area (Å²) in [5.74, 6) is -1.68. The first-order valence-corrected chi connectivity index (χ1v) is 11.0. The Kier molecular flexibility index (Phi) is 5.66. The topological polar surface area (TPSA) is 98.6 Å². The number of hydrogen-bond donors (Lipinski definition) is 2. The number of H-pyrrole nitrogens is 1. The molecule has 0 radical (unpaired) electrons. The van der Waals surface area contributed by atoms with E-state index in [1.54, 1.807) is 18.2 Å². The molecule has 0 spiro atoms. The van der Waals surface area contributed by atoms with Crippen molar-refractivity contribution in [1.82, 2.24) is 29.8 Å². The molecule has 1 aliphatic rings. The van der Waals surface area contributed by atoms with Gasteiger partial charge in [-0.3, -0.25) is 14.5 Å². The zero-order valence-corrected chi connectivity index (χ0v) is 18.9. The third kappa shape index (κ3) is 3.76. The van der Waals surface area contributed by atoms with Crippen molar-refractivity contribution in [2.24, 2.45) is 0 Å². The number of hydrogen-bond acceptors (Lipinski definition) is 6. The minimum Gasteiger partial charge on any atom is -0.365 e. The molecule has 1 fully saturated rings. The van der Waals surface area contributed by atoms with Crippen LogP contribution in [0, 0.1) is 11.8 Å². The van der Waals surface area contributed by atoms with Gasteiger partial charge in [0.1, 0.15) is 11.2 Å². The highest BCUT2D eigenvalue weighted by atomic mass is 35.5. The van der Waals surface area contributed by atoms with Gasteiger partial charge in [-0.2, -0.15) is 9.49 Å². The summed E-state index contributed by atoms with van der Waals surface area (Å²) in [7, 11) is 1.46. The molecular weight excluding hydrogens is 468 g/mol. The van der Waals surface area contributed by atoms with Crippen LogP contribution in [0.15, 0.2) is 35.3 Å². The van der Waals surface area contributed by atoms with Gasteiger partial charge in [0.05, 0.1) is 22.4 Å². The van der Waals surface area contributed by atoms with Gasteiger partial charge >= 0.3 is 0 Å². The lowest BCUT2D eigenvalue weighted by Gasteiger charge is -2.36. The molecule has 1 saturated heterocycles. The minimum atomic E-state index is -0.705. The molecule has 0 unspecified atom stereocenters. The van der Waals surface area contributed by atoms with Gasteiger partial charge in [-0.05, 0) is 18.2 Å². The number of carbonyl (C=O) groups excluding carboxylic acids is 1. The summed E-state index contributed by atoms with van der Waals surface area (Å²) in [5.41, 5.74) is 0.899. The van der Waals surface area contributed by atoms with Gasteiger partial charge in [-0.15, -0.1) is 0 Å². The summed E-state index contributed by atoms with van der Waals surface area (Å²) < 4.78 is 31.1. The van der Waals surface area contributed by atoms with Crippen LogP contribution in [0.25, 0.3) is 16.6 Å². The van der Waals surface area contributed by atoms with Crippen molar-refractivity contribution in [2.45, 2.75) is 6.54 Å². The highest BCUT2D eigenvalue weighted by Gasteiger charge is 2.23. The number of benzene rings is 1. The maximum Gasteiger partial charge on any atom is 0.276 e. The van der Waals surface area contributed by atoms with Crippen molar-refractivity contribution >= 4 is 39.7 Å².